The van der Waals surface area contributed by atoms with Crippen LogP contribution in [0.15, 0.2) is 41.3 Å². The zero-order valence-corrected chi connectivity index (χ0v) is 12.1. The molecule has 3 aromatic rings. The Morgan fingerprint density at radius 2 is 1.71 bits per heavy atom. The fraction of sp³-hybridized carbons (Fsp3) is 0. The average Bonchev–Trinajstić information content (AvgIpc) is 2.54. The third kappa shape index (κ3) is 2.35. The molecule has 8 heteroatoms. The number of aromatic amines is 1. The van der Waals surface area contributed by atoms with Crippen molar-refractivity contribution in [3.05, 3.63) is 52.3 Å². The van der Waals surface area contributed by atoms with E-state index in [0.29, 0.717) is 0 Å². The summed E-state index contributed by atoms with van der Waals surface area (Å²) in [6.45, 7) is 0. The number of anilines is 1. The maximum atomic E-state index is 12.4. The summed E-state index contributed by atoms with van der Waals surface area (Å²) in [6, 6.07) is 7.03. The Labute approximate surface area is 134 Å². The van der Waals surface area contributed by atoms with Gasteiger partial charge in [-0.05, 0) is 12.1 Å². The Hall–Kier alpha value is -3.68. The van der Waals surface area contributed by atoms with Crippen LogP contribution in [0.3, 0.4) is 0 Å². The predicted octanol–water partition coefficient (Wildman–Crippen LogP) is 1.60. The number of hydrogen-bond donors (Lipinski definition) is 6. The number of phenols is 4. The molecule has 0 spiro atoms. The summed E-state index contributed by atoms with van der Waals surface area (Å²) < 4.78 is 0. The molecule has 3 rings (SSSR count). The minimum Gasteiger partial charge on any atom is -0.506 e. The fourth-order valence-electron chi connectivity index (χ4n) is 2.28. The van der Waals surface area contributed by atoms with E-state index in [1.165, 1.54) is 12.1 Å². The highest BCUT2D eigenvalue weighted by molar-refractivity contribution is 6.07. The first-order valence-electron chi connectivity index (χ1n) is 6.78. The lowest BCUT2D eigenvalue weighted by molar-refractivity contribution is 0.102. The average molecular weight is 328 g/mol. The van der Waals surface area contributed by atoms with Gasteiger partial charge in [-0.1, -0.05) is 12.1 Å². The number of rotatable bonds is 2. The van der Waals surface area contributed by atoms with Crippen molar-refractivity contribution >= 4 is 22.5 Å². The number of nitrogens with one attached hydrogen (secondary N) is 2. The van der Waals surface area contributed by atoms with Crippen molar-refractivity contribution in [2.45, 2.75) is 0 Å². The molecule has 122 valence electrons. The number of carbonyl (C=O) groups excluding carboxylic acids is 1. The zero-order valence-electron chi connectivity index (χ0n) is 12.1. The summed E-state index contributed by atoms with van der Waals surface area (Å²) in [7, 11) is 0. The van der Waals surface area contributed by atoms with Crippen LogP contribution >= 0.6 is 0 Å². The molecule has 6 N–H and O–H groups in total. The van der Waals surface area contributed by atoms with Gasteiger partial charge in [0.1, 0.15) is 11.3 Å². The molecule has 0 saturated carbocycles. The Bertz CT molecular complexity index is 1020. The van der Waals surface area contributed by atoms with Crippen molar-refractivity contribution in [2.24, 2.45) is 0 Å². The van der Waals surface area contributed by atoms with Gasteiger partial charge in [0.25, 0.3) is 5.91 Å². The Morgan fingerprint density at radius 3 is 2.42 bits per heavy atom. The standard InChI is InChI=1S/C16H12N2O6/c19-10-4-2-1-3-8(10)18-16(24)7-6-17-9-5-11(20)14(22)15(23)12(9)13(7)21/h1-6,19-20,22-23H,(H,17,21)(H,18,24). The second-order valence-electron chi connectivity index (χ2n) is 5.02. The highest BCUT2D eigenvalue weighted by Crippen LogP contribution is 2.39. The van der Waals surface area contributed by atoms with Gasteiger partial charge in [-0.25, -0.2) is 0 Å². The number of aromatic nitrogens is 1. The zero-order chi connectivity index (χ0) is 17.4. The molecule has 0 unspecified atom stereocenters. The monoisotopic (exact) mass is 328 g/mol. The molecule has 24 heavy (non-hydrogen) atoms. The molecular formula is C16H12N2O6. The first kappa shape index (κ1) is 15.2. The van der Waals surface area contributed by atoms with Crippen molar-refractivity contribution in [1.29, 1.82) is 0 Å². The van der Waals surface area contributed by atoms with Gasteiger partial charge < -0.3 is 30.7 Å². The van der Waals surface area contributed by atoms with E-state index in [1.807, 2.05) is 0 Å². The maximum absolute atomic E-state index is 12.4. The largest absolute Gasteiger partial charge is 0.506 e. The van der Waals surface area contributed by atoms with Gasteiger partial charge in [-0.2, -0.15) is 0 Å². The van der Waals surface area contributed by atoms with Crippen molar-refractivity contribution in [3.63, 3.8) is 0 Å². The number of H-pyrrole nitrogens is 1. The summed E-state index contributed by atoms with van der Waals surface area (Å²) >= 11 is 0. The van der Waals surface area contributed by atoms with Crippen LogP contribution in [0.25, 0.3) is 10.9 Å². The number of pyridine rings is 1. The topological polar surface area (TPSA) is 143 Å². The molecular weight excluding hydrogens is 316 g/mol. The fourth-order valence-corrected chi connectivity index (χ4v) is 2.28. The number of benzene rings is 2. The molecule has 0 aliphatic heterocycles. The lowest BCUT2D eigenvalue weighted by Crippen LogP contribution is -2.22. The minimum atomic E-state index is -0.855. The Morgan fingerprint density at radius 1 is 1.00 bits per heavy atom. The number of phenolic OH excluding ortho intramolecular Hbond substituents is 4. The first-order chi connectivity index (χ1) is 11.4. The number of para-hydroxylation sites is 2. The van der Waals surface area contributed by atoms with Crippen LogP contribution in [0.5, 0.6) is 23.0 Å². The summed E-state index contributed by atoms with van der Waals surface area (Å²) in [5, 5.41) is 40.5. The molecule has 0 bridgehead atoms. The molecule has 0 saturated heterocycles. The van der Waals surface area contributed by atoms with Crippen LogP contribution in [-0.4, -0.2) is 31.3 Å². The summed E-state index contributed by atoms with van der Waals surface area (Å²) in [5.74, 6) is -3.28. The van der Waals surface area contributed by atoms with Crippen LogP contribution in [0, 0.1) is 0 Å². The maximum Gasteiger partial charge on any atom is 0.261 e. The Kier molecular flexibility index (Phi) is 3.49. The van der Waals surface area contributed by atoms with Gasteiger partial charge in [0, 0.05) is 12.3 Å². The van der Waals surface area contributed by atoms with Crippen molar-refractivity contribution in [3.8, 4) is 23.0 Å². The number of amides is 1. The third-order valence-electron chi connectivity index (χ3n) is 3.49. The van der Waals surface area contributed by atoms with Gasteiger partial charge in [-0.15, -0.1) is 0 Å². The Balaban J connectivity index is 2.11. The SMILES string of the molecule is O=C(Nc1ccccc1O)c1c[nH]c2cc(O)c(O)c(O)c2c1=O. The second kappa shape index (κ2) is 5.51. The van der Waals surface area contributed by atoms with E-state index in [1.54, 1.807) is 12.1 Å². The van der Waals surface area contributed by atoms with E-state index in [-0.39, 0.29) is 27.9 Å². The lowest BCUT2D eigenvalue weighted by Gasteiger charge is -2.09. The number of hydrogen-bond acceptors (Lipinski definition) is 6. The molecule has 1 aromatic heterocycles. The molecule has 2 aromatic carbocycles. The van der Waals surface area contributed by atoms with Gasteiger partial charge in [0.05, 0.1) is 16.6 Å². The summed E-state index contributed by atoms with van der Waals surface area (Å²) in [4.78, 5) is 27.3. The van der Waals surface area contributed by atoms with Crippen molar-refractivity contribution in [1.82, 2.24) is 4.98 Å². The highest BCUT2D eigenvalue weighted by atomic mass is 16.3. The number of fused-ring (bicyclic) bond motifs is 1. The predicted molar refractivity (Wildman–Crippen MR) is 85.6 cm³/mol. The summed E-state index contributed by atoms with van der Waals surface area (Å²) in [6.07, 6.45) is 1.11. The van der Waals surface area contributed by atoms with Gasteiger partial charge in [-0.3, -0.25) is 9.59 Å². The van der Waals surface area contributed by atoms with E-state index < -0.39 is 28.6 Å². The van der Waals surface area contributed by atoms with E-state index in [4.69, 9.17) is 0 Å². The quantitative estimate of drug-likeness (QED) is 0.394. The third-order valence-corrected chi connectivity index (χ3v) is 3.49. The van der Waals surface area contributed by atoms with E-state index >= 15 is 0 Å². The van der Waals surface area contributed by atoms with Gasteiger partial charge in [0.15, 0.2) is 11.5 Å². The van der Waals surface area contributed by atoms with Crippen molar-refractivity contribution < 1.29 is 25.2 Å². The molecule has 0 aliphatic rings. The van der Waals surface area contributed by atoms with Gasteiger partial charge in [0.2, 0.25) is 11.2 Å². The van der Waals surface area contributed by atoms with Crippen LogP contribution < -0.4 is 10.7 Å². The van der Waals surface area contributed by atoms with E-state index in [2.05, 4.69) is 10.3 Å². The van der Waals surface area contributed by atoms with Crippen LogP contribution in [-0.2, 0) is 0 Å². The van der Waals surface area contributed by atoms with Crippen LogP contribution in [0.1, 0.15) is 10.4 Å². The molecule has 0 fully saturated rings. The molecule has 0 atom stereocenters. The molecule has 1 amide bonds. The van der Waals surface area contributed by atoms with E-state index in [0.717, 1.165) is 12.3 Å². The van der Waals surface area contributed by atoms with Crippen LogP contribution in [0.4, 0.5) is 5.69 Å². The smallest absolute Gasteiger partial charge is 0.261 e. The van der Waals surface area contributed by atoms with E-state index in [9.17, 15) is 30.0 Å². The van der Waals surface area contributed by atoms with Crippen LogP contribution in [0.2, 0.25) is 0 Å². The summed E-state index contributed by atoms with van der Waals surface area (Å²) in [5.41, 5.74) is -1.03. The second-order valence-corrected chi connectivity index (χ2v) is 5.02. The molecule has 0 aliphatic carbocycles. The number of aromatic hydroxyl groups is 4. The highest BCUT2D eigenvalue weighted by Gasteiger charge is 2.20. The number of carbonyl (C=O) groups is 1. The first-order valence-corrected chi connectivity index (χ1v) is 6.78. The molecule has 8 nitrogen and oxygen atoms in total. The van der Waals surface area contributed by atoms with Crippen molar-refractivity contribution in [2.75, 3.05) is 5.32 Å². The minimum absolute atomic E-state index is 0.0481. The lowest BCUT2D eigenvalue weighted by atomic mass is 10.1. The van der Waals surface area contributed by atoms with Gasteiger partial charge >= 0.3 is 0 Å². The normalized spacial score (nSPS) is 10.7. The molecule has 0 radical (unpaired) electrons. The molecule has 1 heterocycles.